The Morgan fingerprint density at radius 3 is 3.12 bits per heavy atom. The van der Waals surface area contributed by atoms with Gasteiger partial charge in [-0.3, -0.25) is 0 Å². The maximum absolute atomic E-state index is 12.7. The molecule has 5 nitrogen and oxygen atoms in total. The maximum atomic E-state index is 12.7. The highest BCUT2D eigenvalue weighted by Gasteiger charge is 2.31. The fourth-order valence-electron chi connectivity index (χ4n) is 3.90. The predicted octanol–water partition coefficient (Wildman–Crippen LogP) is 4.33. The quantitative estimate of drug-likeness (QED) is 0.720. The lowest BCUT2D eigenvalue weighted by Crippen LogP contribution is -2.40. The number of urea groups is 1. The molecule has 3 heterocycles. The number of benzene rings is 1. The van der Waals surface area contributed by atoms with Crippen LogP contribution in [0.15, 0.2) is 29.8 Å². The number of nitrogens with zero attached hydrogens (tertiary/aromatic N) is 2. The van der Waals surface area contributed by atoms with Gasteiger partial charge in [0.15, 0.2) is 0 Å². The van der Waals surface area contributed by atoms with Gasteiger partial charge in [-0.25, -0.2) is 9.78 Å². The SMILES string of the molecule is Cc1nc(C2CCCN2C(=O)NCCc2c[nH]c3cccc(C)c23)cs1. The number of amides is 2. The number of H-pyrrole nitrogens is 1. The maximum Gasteiger partial charge on any atom is 0.317 e. The van der Waals surface area contributed by atoms with Crippen molar-refractivity contribution in [1.82, 2.24) is 20.2 Å². The molecule has 1 aromatic carbocycles. The van der Waals surface area contributed by atoms with Crippen LogP contribution >= 0.6 is 11.3 Å². The van der Waals surface area contributed by atoms with Gasteiger partial charge in [0.05, 0.1) is 16.7 Å². The summed E-state index contributed by atoms with van der Waals surface area (Å²) in [4.78, 5) is 22.5. The molecule has 0 radical (unpaired) electrons. The van der Waals surface area contributed by atoms with Gasteiger partial charge in [-0.15, -0.1) is 11.3 Å². The van der Waals surface area contributed by atoms with Crippen LogP contribution in [0.25, 0.3) is 10.9 Å². The van der Waals surface area contributed by atoms with E-state index in [2.05, 4.69) is 52.0 Å². The summed E-state index contributed by atoms with van der Waals surface area (Å²) < 4.78 is 0. The van der Waals surface area contributed by atoms with Crippen LogP contribution in [0.5, 0.6) is 0 Å². The number of aryl methyl sites for hydroxylation is 2. The first-order chi connectivity index (χ1) is 12.6. The molecule has 6 heteroatoms. The van der Waals surface area contributed by atoms with Gasteiger partial charge in [-0.1, -0.05) is 12.1 Å². The van der Waals surface area contributed by atoms with E-state index in [1.807, 2.05) is 11.8 Å². The first kappa shape index (κ1) is 17.1. The fraction of sp³-hybridized carbons (Fsp3) is 0.400. The number of carbonyl (C=O) groups excluding carboxylic acids is 1. The van der Waals surface area contributed by atoms with Crippen molar-refractivity contribution in [3.8, 4) is 0 Å². The highest BCUT2D eigenvalue weighted by atomic mass is 32.1. The molecule has 1 fully saturated rings. The van der Waals surface area contributed by atoms with Crippen molar-refractivity contribution in [3.05, 3.63) is 51.6 Å². The first-order valence-corrected chi connectivity index (χ1v) is 10.0. The number of aromatic nitrogens is 2. The van der Waals surface area contributed by atoms with Crippen LogP contribution in [0.1, 0.15) is 40.7 Å². The Kier molecular flexibility index (Phi) is 4.68. The number of rotatable bonds is 4. The summed E-state index contributed by atoms with van der Waals surface area (Å²) in [6.45, 7) is 5.58. The first-order valence-electron chi connectivity index (χ1n) is 9.15. The summed E-state index contributed by atoms with van der Waals surface area (Å²) in [6.07, 6.45) is 4.92. The van der Waals surface area contributed by atoms with Crippen molar-refractivity contribution in [1.29, 1.82) is 0 Å². The van der Waals surface area contributed by atoms with Crippen molar-refractivity contribution in [2.24, 2.45) is 0 Å². The Bertz CT molecular complexity index is 929. The Hall–Kier alpha value is -2.34. The summed E-state index contributed by atoms with van der Waals surface area (Å²) >= 11 is 1.65. The van der Waals surface area contributed by atoms with Crippen LogP contribution < -0.4 is 5.32 Å². The molecular formula is C20H24N4OS. The Labute approximate surface area is 157 Å². The van der Waals surface area contributed by atoms with Crippen LogP contribution in [0.2, 0.25) is 0 Å². The topological polar surface area (TPSA) is 61.0 Å². The molecule has 2 aromatic heterocycles. The molecule has 26 heavy (non-hydrogen) atoms. The van der Waals surface area contributed by atoms with E-state index in [4.69, 9.17) is 0 Å². The van der Waals surface area contributed by atoms with Crippen LogP contribution in [0, 0.1) is 13.8 Å². The van der Waals surface area contributed by atoms with E-state index >= 15 is 0 Å². The number of thiazole rings is 1. The van der Waals surface area contributed by atoms with Crippen LogP contribution in [0.4, 0.5) is 4.79 Å². The van der Waals surface area contributed by atoms with Gasteiger partial charge in [0.25, 0.3) is 0 Å². The molecule has 2 amide bonds. The van der Waals surface area contributed by atoms with Crippen LogP contribution in [0.3, 0.4) is 0 Å². The summed E-state index contributed by atoms with van der Waals surface area (Å²) in [5.41, 5.74) is 4.72. The van der Waals surface area contributed by atoms with Crippen LogP contribution in [-0.2, 0) is 6.42 Å². The molecule has 1 aliphatic rings. The number of hydrogen-bond donors (Lipinski definition) is 2. The second kappa shape index (κ2) is 7.11. The number of likely N-dealkylation sites (tertiary alicyclic amines) is 1. The van der Waals surface area contributed by atoms with Crippen molar-refractivity contribution >= 4 is 28.3 Å². The Balaban J connectivity index is 1.39. The predicted molar refractivity (Wildman–Crippen MR) is 106 cm³/mol. The van der Waals surface area contributed by atoms with Gasteiger partial charge in [0, 0.05) is 35.6 Å². The molecular weight excluding hydrogens is 344 g/mol. The fourth-order valence-corrected chi connectivity index (χ4v) is 4.56. The van der Waals surface area contributed by atoms with E-state index in [0.29, 0.717) is 6.54 Å². The van der Waals surface area contributed by atoms with Crippen molar-refractivity contribution in [2.45, 2.75) is 39.2 Å². The van der Waals surface area contributed by atoms with Crippen molar-refractivity contribution in [3.63, 3.8) is 0 Å². The minimum absolute atomic E-state index is 0.0229. The number of hydrogen-bond acceptors (Lipinski definition) is 3. The highest BCUT2D eigenvalue weighted by molar-refractivity contribution is 7.09. The summed E-state index contributed by atoms with van der Waals surface area (Å²) in [5, 5.41) is 7.52. The molecule has 1 saturated heterocycles. The third-order valence-corrected chi connectivity index (χ3v) is 5.95. The molecule has 4 rings (SSSR count). The van der Waals surface area contributed by atoms with Crippen LogP contribution in [-0.4, -0.2) is 34.0 Å². The Morgan fingerprint density at radius 2 is 2.31 bits per heavy atom. The molecule has 0 saturated carbocycles. The molecule has 136 valence electrons. The lowest BCUT2D eigenvalue weighted by Gasteiger charge is -2.23. The lowest BCUT2D eigenvalue weighted by molar-refractivity contribution is 0.192. The Morgan fingerprint density at radius 1 is 1.42 bits per heavy atom. The van der Waals surface area contributed by atoms with E-state index in [0.717, 1.165) is 42.0 Å². The van der Waals surface area contributed by atoms with Gasteiger partial charge in [-0.2, -0.15) is 0 Å². The van der Waals surface area contributed by atoms with E-state index in [1.54, 1.807) is 11.3 Å². The van der Waals surface area contributed by atoms with Crippen molar-refractivity contribution in [2.75, 3.05) is 13.1 Å². The molecule has 1 atom stereocenters. The van der Waals surface area contributed by atoms with Gasteiger partial charge >= 0.3 is 6.03 Å². The zero-order valence-corrected chi connectivity index (χ0v) is 16.0. The average molecular weight is 369 g/mol. The second-order valence-corrected chi connectivity index (χ2v) is 8.00. The number of aromatic amines is 1. The van der Waals surface area contributed by atoms with Gasteiger partial charge < -0.3 is 15.2 Å². The number of nitrogens with one attached hydrogen (secondary N) is 2. The molecule has 0 aliphatic carbocycles. The molecule has 1 unspecified atom stereocenters. The molecule has 0 bridgehead atoms. The van der Waals surface area contributed by atoms with E-state index in [1.165, 1.54) is 16.5 Å². The largest absolute Gasteiger partial charge is 0.361 e. The normalized spacial score (nSPS) is 17.2. The molecule has 3 aromatic rings. The third-order valence-electron chi connectivity index (χ3n) is 5.16. The summed E-state index contributed by atoms with van der Waals surface area (Å²) in [6, 6.07) is 6.43. The van der Waals surface area contributed by atoms with E-state index in [9.17, 15) is 4.79 Å². The van der Waals surface area contributed by atoms with Gasteiger partial charge in [-0.05, 0) is 50.3 Å². The number of carbonyl (C=O) groups is 1. The number of fused-ring (bicyclic) bond motifs is 1. The lowest BCUT2D eigenvalue weighted by atomic mass is 10.1. The van der Waals surface area contributed by atoms with E-state index < -0.39 is 0 Å². The molecule has 0 spiro atoms. The zero-order valence-electron chi connectivity index (χ0n) is 15.2. The van der Waals surface area contributed by atoms with Crippen molar-refractivity contribution < 1.29 is 4.79 Å². The van der Waals surface area contributed by atoms with E-state index in [-0.39, 0.29) is 12.1 Å². The van der Waals surface area contributed by atoms with Gasteiger partial charge in [0.1, 0.15) is 0 Å². The summed E-state index contributed by atoms with van der Waals surface area (Å²) in [7, 11) is 0. The standard InChI is InChI=1S/C20H24N4OS/c1-13-5-3-6-16-19(13)15(11-22-16)8-9-21-20(25)24-10-4-7-18(24)17-12-26-14(2)23-17/h3,5-6,11-12,18,22H,4,7-10H2,1-2H3,(H,21,25). The second-order valence-electron chi connectivity index (χ2n) is 6.94. The highest BCUT2D eigenvalue weighted by Crippen LogP contribution is 2.32. The average Bonchev–Trinajstić information content (AvgIpc) is 3.34. The summed E-state index contributed by atoms with van der Waals surface area (Å²) in [5.74, 6) is 0. The minimum atomic E-state index is 0.0229. The van der Waals surface area contributed by atoms with Gasteiger partial charge in [0.2, 0.25) is 0 Å². The monoisotopic (exact) mass is 368 g/mol. The third kappa shape index (κ3) is 3.21. The zero-order chi connectivity index (χ0) is 18.1. The smallest absolute Gasteiger partial charge is 0.317 e. The molecule has 2 N–H and O–H groups in total. The minimum Gasteiger partial charge on any atom is -0.361 e. The molecule has 1 aliphatic heterocycles.